The molecule has 128 valence electrons. The minimum Gasteiger partial charge on any atom is -0.291 e. The Morgan fingerprint density at radius 3 is 1.91 bits per heavy atom. The average Bonchev–Trinajstić information content (AvgIpc) is 2.34. The van der Waals surface area contributed by atoms with Gasteiger partial charge in [0.1, 0.15) is 0 Å². The molecule has 0 heterocycles. The first-order chi connectivity index (χ1) is 10.4. The zero-order valence-corrected chi connectivity index (χ0v) is 15.9. The highest BCUT2D eigenvalue weighted by molar-refractivity contribution is 5.75. The van der Waals surface area contributed by atoms with Gasteiger partial charge < -0.3 is 0 Å². The Morgan fingerprint density at radius 1 is 1.00 bits per heavy atom. The lowest BCUT2D eigenvalue weighted by Gasteiger charge is -2.55. The first-order valence-electron chi connectivity index (χ1n) is 8.81. The van der Waals surface area contributed by atoms with E-state index in [1.54, 1.807) is 0 Å². The standard InChI is InChI=1S/C21H34NO/c1-19(2,3)18-20(4,5)13-17(14-21(18,6)7)22(23)15-16-11-9-8-10-12-16/h8-12,15,17-18,23H,13-14H2,1-7H3/q+1/b22-15-. The predicted octanol–water partition coefficient (Wildman–Crippen LogP) is 5.38. The lowest BCUT2D eigenvalue weighted by atomic mass is 9.49. The molecule has 0 unspecified atom stereocenters. The van der Waals surface area contributed by atoms with Crippen molar-refractivity contribution in [3.05, 3.63) is 35.9 Å². The van der Waals surface area contributed by atoms with Crippen LogP contribution in [-0.2, 0) is 0 Å². The molecule has 23 heavy (non-hydrogen) atoms. The van der Waals surface area contributed by atoms with Crippen molar-refractivity contribution >= 4 is 6.21 Å². The Bertz CT molecular complexity index is 545. The van der Waals surface area contributed by atoms with E-state index >= 15 is 0 Å². The summed E-state index contributed by atoms with van der Waals surface area (Å²) in [6.45, 7) is 16.5. The summed E-state index contributed by atoms with van der Waals surface area (Å²) in [5.41, 5.74) is 1.69. The molecule has 0 aromatic heterocycles. The quantitative estimate of drug-likeness (QED) is 0.336. The van der Waals surface area contributed by atoms with Crippen LogP contribution in [0.15, 0.2) is 30.3 Å². The topological polar surface area (TPSA) is 23.2 Å². The van der Waals surface area contributed by atoms with E-state index in [0.717, 1.165) is 18.4 Å². The minimum atomic E-state index is 0.166. The van der Waals surface area contributed by atoms with E-state index in [-0.39, 0.29) is 22.3 Å². The fraction of sp³-hybridized carbons (Fsp3) is 0.667. The van der Waals surface area contributed by atoms with Gasteiger partial charge in [-0.25, -0.2) is 0 Å². The molecular weight excluding hydrogens is 282 g/mol. The molecule has 0 aliphatic heterocycles. The van der Waals surface area contributed by atoms with Gasteiger partial charge in [0.2, 0.25) is 12.3 Å². The summed E-state index contributed by atoms with van der Waals surface area (Å²) in [4.78, 5) is 0. The monoisotopic (exact) mass is 316 g/mol. The van der Waals surface area contributed by atoms with Crippen LogP contribution in [0.4, 0.5) is 0 Å². The van der Waals surface area contributed by atoms with Crippen LogP contribution >= 0.6 is 0 Å². The van der Waals surface area contributed by atoms with E-state index in [0.29, 0.717) is 5.92 Å². The lowest BCUT2D eigenvalue weighted by Crippen LogP contribution is -2.53. The molecule has 0 spiro atoms. The Hall–Kier alpha value is -1.31. The summed E-state index contributed by atoms with van der Waals surface area (Å²) in [6.07, 6.45) is 3.89. The average molecular weight is 317 g/mol. The van der Waals surface area contributed by atoms with Crippen LogP contribution in [0, 0.1) is 22.2 Å². The minimum absolute atomic E-state index is 0.166. The van der Waals surface area contributed by atoms with E-state index in [2.05, 4.69) is 48.5 Å². The third-order valence-electron chi connectivity index (χ3n) is 5.41. The molecule has 2 rings (SSSR count). The zero-order chi connectivity index (χ0) is 17.5. The van der Waals surface area contributed by atoms with Crippen LogP contribution in [0.25, 0.3) is 0 Å². The summed E-state index contributed by atoms with van der Waals surface area (Å²) in [7, 11) is 0. The van der Waals surface area contributed by atoms with E-state index in [1.807, 2.05) is 36.5 Å². The van der Waals surface area contributed by atoms with Crippen LogP contribution in [0.3, 0.4) is 0 Å². The van der Waals surface area contributed by atoms with Gasteiger partial charge in [0.05, 0.1) is 0 Å². The molecule has 1 aliphatic carbocycles. The molecule has 1 aliphatic rings. The highest BCUT2D eigenvalue weighted by Gasteiger charge is 2.54. The molecule has 1 N–H and O–H groups in total. The first kappa shape index (κ1) is 18.0. The molecule has 2 heteroatoms. The van der Waals surface area contributed by atoms with Gasteiger partial charge in [-0.3, -0.25) is 5.21 Å². The summed E-state index contributed by atoms with van der Waals surface area (Å²) in [6, 6.07) is 10.2. The highest BCUT2D eigenvalue weighted by Crippen LogP contribution is 2.58. The van der Waals surface area contributed by atoms with E-state index in [1.165, 1.54) is 4.74 Å². The van der Waals surface area contributed by atoms with Crippen molar-refractivity contribution in [2.75, 3.05) is 0 Å². The van der Waals surface area contributed by atoms with Gasteiger partial charge in [-0.05, 0) is 39.0 Å². The third kappa shape index (κ3) is 3.97. The van der Waals surface area contributed by atoms with Gasteiger partial charge in [0.25, 0.3) is 0 Å². The maximum atomic E-state index is 10.7. The van der Waals surface area contributed by atoms with Crippen molar-refractivity contribution in [3.8, 4) is 0 Å². The normalized spacial score (nSPS) is 27.7. The van der Waals surface area contributed by atoms with Crippen molar-refractivity contribution in [1.82, 2.24) is 0 Å². The molecule has 0 bridgehead atoms. The molecule has 0 atom stereocenters. The summed E-state index contributed by atoms with van der Waals surface area (Å²) < 4.78 is 1.46. The highest BCUT2D eigenvalue weighted by atomic mass is 16.5. The Labute approximate surface area is 142 Å². The van der Waals surface area contributed by atoms with E-state index in [9.17, 15) is 5.21 Å². The van der Waals surface area contributed by atoms with Gasteiger partial charge in [-0.2, -0.15) is 0 Å². The Kier molecular flexibility index (Phi) is 4.67. The van der Waals surface area contributed by atoms with E-state index < -0.39 is 0 Å². The van der Waals surface area contributed by atoms with Crippen LogP contribution in [0.5, 0.6) is 0 Å². The van der Waals surface area contributed by atoms with E-state index in [4.69, 9.17) is 0 Å². The fourth-order valence-corrected chi connectivity index (χ4v) is 5.91. The van der Waals surface area contributed by atoms with Crippen LogP contribution in [-0.4, -0.2) is 22.2 Å². The maximum Gasteiger partial charge on any atom is 0.223 e. The number of hydroxylamine groups is 1. The largest absolute Gasteiger partial charge is 0.291 e. The second kappa shape index (κ2) is 5.96. The second-order valence-corrected chi connectivity index (χ2v) is 9.76. The summed E-state index contributed by atoms with van der Waals surface area (Å²) >= 11 is 0. The van der Waals surface area contributed by atoms with Gasteiger partial charge >= 0.3 is 0 Å². The van der Waals surface area contributed by atoms with Gasteiger partial charge in [0.15, 0.2) is 0 Å². The molecular formula is C21H34NO+. The van der Waals surface area contributed by atoms with Crippen LogP contribution < -0.4 is 0 Å². The number of hydrogen-bond acceptors (Lipinski definition) is 1. The molecule has 1 saturated carbocycles. The molecule has 0 saturated heterocycles. The van der Waals surface area contributed by atoms with Crippen molar-refractivity contribution in [1.29, 1.82) is 0 Å². The molecule has 0 radical (unpaired) electrons. The number of hydrogen-bond donors (Lipinski definition) is 1. The van der Waals surface area contributed by atoms with Crippen molar-refractivity contribution < 1.29 is 9.95 Å². The number of rotatable bonds is 2. The van der Waals surface area contributed by atoms with Crippen molar-refractivity contribution in [2.24, 2.45) is 22.2 Å². The van der Waals surface area contributed by atoms with Gasteiger partial charge in [0, 0.05) is 18.4 Å². The molecule has 1 aromatic rings. The zero-order valence-electron chi connectivity index (χ0n) is 15.9. The van der Waals surface area contributed by atoms with Gasteiger partial charge in [-0.15, -0.1) is 0 Å². The summed E-state index contributed by atoms with van der Waals surface area (Å²) in [5, 5.41) is 10.7. The lowest BCUT2D eigenvalue weighted by molar-refractivity contribution is -0.800. The SMILES string of the molecule is CC(C)(C)C1C(C)(C)CC(/[N+](O)=C/c2ccccc2)CC1(C)C. The molecule has 1 fully saturated rings. The Balaban J connectivity index is 2.30. The van der Waals surface area contributed by atoms with Gasteiger partial charge in [-0.1, -0.05) is 66.7 Å². The second-order valence-electron chi connectivity index (χ2n) is 9.76. The maximum absolute atomic E-state index is 10.7. The van der Waals surface area contributed by atoms with Crippen LogP contribution in [0.1, 0.15) is 66.9 Å². The van der Waals surface area contributed by atoms with Crippen LogP contribution in [0.2, 0.25) is 0 Å². The third-order valence-corrected chi connectivity index (χ3v) is 5.41. The summed E-state index contributed by atoms with van der Waals surface area (Å²) in [5.74, 6) is 0.615. The predicted molar refractivity (Wildman–Crippen MR) is 97.2 cm³/mol. The molecule has 2 nitrogen and oxygen atoms in total. The first-order valence-corrected chi connectivity index (χ1v) is 8.81. The van der Waals surface area contributed by atoms with Crippen molar-refractivity contribution in [3.63, 3.8) is 0 Å². The molecule has 1 aromatic carbocycles. The molecule has 0 amide bonds. The fourth-order valence-electron chi connectivity index (χ4n) is 5.91. The number of nitrogens with zero attached hydrogens (tertiary/aromatic N) is 1. The smallest absolute Gasteiger partial charge is 0.223 e. The number of benzene rings is 1. The van der Waals surface area contributed by atoms with Crippen molar-refractivity contribution in [2.45, 2.75) is 67.3 Å². The Morgan fingerprint density at radius 2 is 1.48 bits per heavy atom.